The molecule has 122 valence electrons. The van der Waals surface area contributed by atoms with Crippen LogP contribution in [0.4, 0.5) is 0 Å². The molecule has 1 aromatic rings. The lowest BCUT2D eigenvalue weighted by molar-refractivity contribution is -0.132. The van der Waals surface area contributed by atoms with Crippen molar-refractivity contribution < 1.29 is 18.7 Å². The second-order valence-corrected chi connectivity index (χ2v) is 5.45. The van der Waals surface area contributed by atoms with Gasteiger partial charge in [0, 0.05) is 32.8 Å². The molecular weight excluding hydrogens is 308 g/mol. The molecule has 0 saturated carbocycles. The predicted molar refractivity (Wildman–Crippen MR) is 81.9 cm³/mol. The molecule has 0 aliphatic carbocycles. The first-order chi connectivity index (χ1) is 10.6. The van der Waals surface area contributed by atoms with Gasteiger partial charge in [-0.3, -0.25) is 9.59 Å². The van der Waals surface area contributed by atoms with Gasteiger partial charge >= 0.3 is 0 Å². The van der Waals surface area contributed by atoms with Crippen LogP contribution in [0, 0.1) is 0 Å². The van der Waals surface area contributed by atoms with Gasteiger partial charge in [-0.2, -0.15) is 0 Å². The maximum absolute atomic E-state index is 12.3. The van der Waals surface area contributed by atoms with Crippen molar-refractivity contribution in [3.63, 3.8) is 0 Å². The lowest BCUT2D eigenvalue weighted by Gasteiger charge is -2.21. The van der Waals surface area contributed by atoms with Crippen LogP contribution in [0.15, 0.2) is 16.5 Å². The molecule has 1 fully saturated rings. The third kappa shape index (κ3) is 4.48. The summed E-state index contributed by atoms with van der Waals surface area (Å²) in [6.45, 7) is 5.25. The van der Waals surface area contributed by atoms with E-state index < -0.39 is 0 Å². The van der Waals surface area contributed by atoms with Crippen molar-refractivity contribution in [2.24, 2.45) is 0 Å². The fourth-order valence-electron chi connectivity index (χ4n) is 2.42. The van der Waals surface area contributed by atoms with Crippen molar-refractivity contribution in [2.75, 3.05) is 39.4 Å². The number of amides is 2. The van der Waals surface area contributed by atoms with E-state index >= 15 is 0 Å². The Morgan fingerprint density at radius 3 is 2.64 bits per heavy atom. The zero-order valence-corrected chi connectivity index (χ0v) is 13.5. The topological polar surface area (TPSA) is 63.0 Å². The van der Waals surface area contributed by atoms with Crippen molar-refractivity contribution >= 4 is 23.4 Å². The minimum atomic E-state index is -0.185. The number of halogens is 1. The van der Waals surface area contributed by atoms with Gasteiger partial charge in [-0.1, -0.05) is 0 Å². The summed E-state index contributed by atoms with van der Waals surface area (Å²) in [6.07, 6.45) is 1.14. The highest BCUT2D eigenvalue weighted by molar-refractivity contribution is 6.29. The minimum Gasteiger partial charge on any atom is -0.440 e. The average Bonchev–Trinajstić information content (AvgIpc) is 2.80. The minimum absolute atomic E-state index is 0.0730. The molecule has 2 rings (SSSR count). The van der Waals surface area contributed by atoms with Crippen LogP contribution in [-0.2, 0) is 9.53 Å². The van der Waals surface area contributed by atoms with Crippen molar-refractivity contribution in [3.8, 4) is 0 Å². The molecule has 1 aliphatic heterocycles. The summed E-state index contributed by atoms with van der Waals surface area (Å²) in [4.78, 5) is 27.9. The molecule has 0 atom stereocenters. The lowest BCUT2D eigenvalue weighted by Crippen LogP contribution is -2.37. The monoisotopic (exact) mass is 328 g/mol. The van der Waals surface area contributed by atoms with E-state index in [9.17, 15) is 9.59 Å². The highest BCUT2D eigenvalue weighted by Crippen LogP contribution is 2.16. The SMILES string of the molecule is CCOCCC(=O)N1CCCN(C(=O)c2ccc(Cl)o2)CC1. The Hall–Kier alpha value is -1.53. The van der Waals surface area contributed by atoms with Crippen molar-refractivity contribution in [3.05, 3.63) is 23.1 Å². The zero-order chi connectivity index (χ0) is 15.9. The Bertz CT molecular complexity index is 517. The number of hydrogen-bond donors (Lipinski definition) is 0. The molecule has 1 aliphatic rings. The van der Waals surface area contributed by atoms with Gasteiger partial charge in [-0.05, 0) is 37.1 Å². The summed E-state index contributed by atoms with van der Waals surface area (Å²) in [6, 6.07) is 3.12. The lowest BCUT2D eigenvalue weighted by atomic mass is 10.3. The summed E-state index contributed by atoms with van der Waals surface area (Å²) in [5, 5.41) is 0.200. The third-order valence-electron chi connectivity index (χ3n) is 3.58. The molecule has 1 saturated heterocycles. The van der Waals surface area contributed by atoms with Crippen LogP contribution in [0.3, 0.4) is 0 Å². The second kappa shape index (κ2) is 8.19. The van der Waals surface area contributed by atoms with Crippen LogP contribution in [0.5, 0.6) is 0 Å². The van der Waals surface area contributed by atoms with Gasteiger partial charge in [-0.15, -0.1) is 0 Å². The first-order valence-electron chi connectivity index (χ1n) is 7.52. The van der Waals surface area contributed by atoms with Gasteiger partial charge in [0.25, 0.3) is 5.91 Å². The molecule has 0 bridgehead atoms. The second-order valence-electron chi connectivity index (χ2n) is 5.08. The molecule has 0 spiro atoms. The normalized spacial score (nSPS) is 15.7. The summed E-state index contributed by atoms with van der Waals surface area (Å²) in [7, 11) is 0. The quantitative estimate of drug-likeness (QED) is 0.776. The Morgan fingerprint density at radius 2 is 1.95 bits per heavy atom. The zero-order valence-electron chi connectivity index (χ0n) is 12.7. The first-order valence-corrected chi connectivity index (χ1v) is 7.89. The molecule has 7 heteroatoms. The van der Waals surface area contributed by atoms with E-state index in [0.29, 0.717) is 45.8 Å². The molecule has 0 N–H and O–H groups in total. The van der Waals surface area contributed by atoms with E-state index in [1.807, 2.05) is 6.92 Å². The third-order valence-corrected chi connectivity index (χ3v) is 3.79. The van der Waals surface area contributed by atoms with Crippen LogP contribution in [0.2, 0.25) is 5.22 Å². The Balaban J connectivity index is 1.86. The van der Waals surface area contributed by atoms with Gasteiger partial charge in [0.05, 0.1) is 13.0 Å². The maximum atomic E-state index is 12.3. The first kappa shape index (κ1) is 16.8. The molecule has 2 amide bonds. The van der Waals surface area contributed by atoms with Crippen LogP contribution in [0.25, 0.3) is 0 Å². The number of furan rings is 1. The molecular formula is C15H21ClN2O4. The van der Waals surface area contributed by atoms with Crippen LogP contribution >= 0.6 is 11.6 Å². The predicted octanol–water partition coefficient (Wildman–Crippen LogP) is 2.03. The fourth-order valence-corrected chi connectivity index (χ4v) is 2.56. The van der Waals surface area contributed by atoms with Crippen molar-refractivity contribution in [1.29, 1.82) is 0 Å². The van der Waals surface area contributed by atoms with E-state index in [-0.39, 0.29) is 22.8 Å². The van der Waals surface area contributed by atoms with Crippen molar-refractivity contribution in [2.45, 2.75) is 19.8 Å². The number of rotatable bonds is 5. The van der Waals surface area contributed by atoms with E-state index in [2.05, 4.69) is 0 Å². The van der Waals surface area contributed by atoms with E-state index in [4.69, 9.17) is 20.8 Å². The van der Waals surface area contributed by atoms with Gasteiger partial charge in [-0.25, -0.2) is 0 Å². The van der Waals surface area contributed by atoms with Crippen molar-refractivity contribution in [1.82, 2.24) is 9.80 Å². The number of hydrogen-bond acceptors (Lipinski definition) is 4. The van der Waals surface area contributed by atoms with Gasteiger partial charge < -0.3 is 19.0 Å². The molecule has 6 nitrogen and oxygen atoms in total. The largest absolute Gasteiger partial charge is 0.440 e. The smallest absolute Gasteiger partial charge is 0.289 e. The Morgan fingerprint density at radius 1 is 1.23 bits per heavy atom. The van der Waals surface area contributed by atoms with Gasteiger partial charge in [0.1, 0.15) is 0 Å². The van der Waals surface area contributed by atoms with Crippen LogP contribution in [-0.4, -0.2) is 61.0 Å². The molecule has 0 radical (unpaired) electrons. The van der Waals surface area contributed by atoms with E-state index in [0.717, 1.165) is 6.42 Å². The number of carbonyl (C=O) groups excluding carboxylic acids is 2. The Labute approximate surface area is 134 Å². The van der Waals surface area contributed by atoms with E-state index in [1.165, 1.54) is 0 Å². The van der Waals surface area contributed by atoms with E-state index in [1.54, 1.807) is 21.9 Å². The summed E-state index contributed by atoms with van der Waals surface area (Å²) < 4.78 is 10.4. The van der Waals surface area contributed by atoms with Gasteiger partial charge in [0.2, 0.25) is 5.91 Å². The standard InChI is InChI=1S/C15H21ClN2O4/c1-2-21-11-6-14(19)17-7-3-8-18(10-9-17)15(20)12-4-5-13(16)22-12/h4-5H,2-3,6-11H2,1H3. The van der Waals surface area contributed by atoms with Crippen LogP contribution in [0.1, 0.15) is 30.3 Å². The summed E-state index contributed by atoms with van der Waals surface area (Å²) >= 11 is 5.70. The average molecular weight is 329 g/mol. The van der Waals surface area contributed by atoms with Gasteiger partial charge in [0.15, 0.2) is 11.0 Å². The molecule has 1 aromatic heterocycles. The highest BCUT2D eigenvalue weighted by Gasteiger charge is 2.24. The molecule has 22 heavy (non-hydrogen) atoms. The molecule has 2 heterocycles. The van der Waals surface area contributed by atoms with Crippen LogP contribution < -0.4 is 0 Å². The number of carbonyl (C=O) groups is 2. The molecule has 0 aromatic carbocycles. The summed E-state index contributed by atoms with van der Waals surface area (Å²) in [5.41, 5.74) is 0. The fraction of sp³-hybridized carbons (Fsp3) is 0.600. The molecule has 0 unspecified atom stereocenters. The maximum Gasteiger partial charge on any atom is 0.289 e. The number of ether oxygens (including phenoxy) is 1. The summed E-state index contributed by atoms with van der Waals surface area (Å²) in [5.74, 6) is 0.125. The highest BCUT2D eigenvalue weighted by atomic mass is 35.5. The Kier molecular flexibility index (Phi) is 6.27. The number of nitrogens with zero attached hydrogens (tertiary/aromatic N) is 2.